The zero-order valence-corrected chi connectivity index (χ0v) is 17.7. The molecule has 0 N–H and O–H groups in total. The molecule has 1 fully saturated rings. The quantitative estimate of drug-likeness (QED) is 0.634. The summed E-state index contributed by atoms with van der Waals surface area (Å²) < 4.78 is 0. The van der Waals surface area contributed by atoms with Crippen molar-refractivity contribution >= 4 is 23.3 Å². The lowest BCUT2D eigenvalue weighted by atomic mass is 10.1. The molecule has 1 atom stereocenters. The Kier molecular flexibility index (Phi) is 5.65. The number of aromatic nitrogens is 5. The maximum Gasteiger partial charge on any atom is 0.256 e. The van der Waals surface area contributed by atoms with Gasteiger partial charge in [-0.05, 0) is 39.0 Å². The molecule has 1 aliphatic rings. The number of benzene rings is 1. The third kappa shape index (κ3) is 4.27. The Morgan fingerprint density at radius 2 is 1.90 bits per heavy atom. The Morgan fingerprint density at radius 1 is 1.13 bits per heavy atom. The lowest BCUT2D eigenvalue weighted by Crippen LogP contribution is -2.37. The molecule has 1 aliphatic heterocycles. The average Bonchev–Trinajstić information content (AvgIpc) is 3.15. The smallest absolute Gasteiger partial charge is 0.256 e. The summed E-state index contributed by atoms with van der Waals surface area (Å²) in [5.41, 5.74) is 1.88. The van der Waals surface area contributed by atoms with Crippen molar-refractivity contribution in [3.63, 3.8) is 0 Å². The summed E-state index contributed by atoms with van der Waals surface area (Å²) in [6.45, 7) is 7.05. The zero-order valence-electron chi connectivity index (χ0n) is 17.0. The van der Waals surface area contributed by atoms with Gasteiger partial charge in [-0.15, -0.1) is 0 Å². The Morgan fingerprint density at radius 3 is 2.63 bits per heavy atom. The van der Waals surface area contributed by atoms with E-state index in [0.29, 0.717) is 47.6 Å². The van der Waals surface area contributed by atoms with Gasteiger partial charge in [0.05, 0.1) is 30.2 Å². The van der Waals surface area contributed by atoms with E-state index in [2.05, 4.69) is 20.2 Å². The minimum atomic E-state index is -0.225. The standard InChI is InChI=1S/C20H22ClN7O2/c1-13-10-19(25-15(3)24-13)27-9-8-26(12-14(2)30-27)20(29)17-11-16(21)4-5-18(17)28-22-6-7-23-28/h4-7,10-11,14H,8-9,12H2,1-3H3/t14-/m1/s1. The van der Waals surface area contributed by atoms with Crippen molar-refractivity contribution in [3.8, 4) is 5.69 Å². The van der Waals surface area contributed by atoms with E-state index in [1.807, 2.05) is 26.8 Å². The highest BCUT2D eigenvalue weighted by Crippen LogP contribution is 2.23. The number of hydroxylamine groups is 1. The molecular weight excluding hydrogens is 406 g/mol. The van der Waals surface area contributed by atoms with Gasteiger partial charge in [0.1, 0.15) is 11.9 Å². The number of rotatable bonds is 3. The van der Waals surface area contributed by atoms with Gasteiger partial charge in [-0.1, -0.05) is 11.6 Å². The molecule has 0 aliphatic carbocycles. The van der Waals surface area contributed by atoms with E-state index in [-0.39, 0.29) is 12.0 Å². The molecule has 30 heavy (non-hydrogen) atoms. The molecule has 3 heterocycles. The maximum absolute atomic E-state index is 13.4. The summed E-state index contributed by atoms with van der Waals surface area (Å²) in [6, 6.07) is 6.97. The third-order valence-corrected chi connectivity index (χ3v) is 4.91. The van der Waals surface area contributed by atoms with Gasteiger partial charge in [-0.2, -0.15) is 15.0 Å². The lowest BCUT2D eigenvalue weighted by molar-refractivity contribution is 0.0422. The van der Waals surface area contributed by atoms with Crippen molar-refractivity contribution < 1.29 is 9.63 Å². The van der Waals surface area contributed by atoms with Gasteiger partial charge in [0.25, 0.3) is 5.91 Å². The fourth-order valence-corrected chi connectivity index (χ4v) is 3.63. The van der Waals surface area contributed by atoms with Crippen LogP contribution >= 0.6 is 11.6 Å². The predicted octanol–water partition coefficient (Wildman–Crippen LogP) is 2.61. The van der Waals surface area contributed by atoms with E-state index in [1.54, 1.807) is 40.6 Å². The molecule has 0 spiro atoms. The molecule has 0 unspecified atom stereocenters. The van der Waals surface area contributed by atoms with Crippen molar-refractivity contribution in [1.29, 1.82) is 0 Å². The van der Waals surface area contributed by atoms with E-state index < -0.39 is 0 Å². The Balaban J connectivity index is 1.60. The Hall–Kier alpha value is -3.04. The summed E-state index contributed by atoms with van der Waals surface area (Å²) in [6.07, 6.45) is 2.90. The van der Waals surface area contributed by atoms with Crippen LogP contribution in [0.4, 0.5) is 5.82 Å². The van der Waals surface area contributed by atoms with Crippen LogP contribution in [0.3, 0.4) is 0 Å². The first-order valence-corrected chi connectivity index (χ1v) is 10.0. The average molecular weight is 428 g/mol. The second-order valence-electron chi connectivity index (χ2n) is 7.16. The van der Waals surface area contributed by atoms with Crippen LogP contribution in [0, 0.1) is 13.8 Å². The number of amides is 1. The van der Waals surface area contributed by atoms with Crippen molar-refractivity contribution in [2.75, 3.05) is 24.7 Å². The van der Waals surface area contributed by atoms with Crippen LogP contribution in [0.25, 0.3) is 5.69 Å². The largest absolute Gasteiger partial charge is 0.334 e. The van der Waals surface area contributed by atoms with Crippen LogP contribution in [-0.2, 0) is 4.84 Å². The number of carbonyl (C=O) groups is 1. The first-order chi connectivity index (χ1) is 14.4. The molecular formula is C20H22ClN7O2. The lowest BCUT2D eigenvalue weighted by Gasteiger charge is -2.22. The molecule has 1 aromatic carbocycles. The molecule has 1 amide bonds. The van der Waals surface area contributed by atoms with Gasteiger partial charge < -0.3 is 4.90 Å². The predicted molar refractivity (Wildman–Crippen MR) is 112 cm³/mol. The highest BCUT2D eigenvalue weighted by atomic mass is 35.5. The van der Waals surface area contributed by atoms with E-state index in [0.717, 1.165) is 5.69 Å². The second-order valence-corrected chi connectivity index (χ2v) is 7.60. The first kappa shape index (κ1) is 20.2. The molecule has 0 bridgehead atoms. The van der Waals surface area contributed by atoms with Gasteiger partial charge in [0.15, 0.2) is 5.82 Å². The number of nitrogens with zero attached hydrogens (tertiary/aromatic N) is 7. The van der Waals surface area contributed by atoms with Crippen molar-refractivity contribution in [1.82, 2.24) is 29.9 Å². The van der Waals surface area contributed by atoms with Gasteiger partial charge in [-0.25, -0.2) is 15.0 Å². The minimum absolute atomic E-state index is 0.155. The van der Waals surface area contributed by atoms with Crippen LogP contribution in [0.2, 0.25) is 5.02 Å². The van der Waals surface area contributed by atoms with Crippen LogP contribution in [0.5, 0.6) is 0 Å². The summed E-state index contributed by atoms with van der Waals surface area (Å²) in [5, 5.41) is 10.5. The molecule has 9 nitrogen and oxygen atoms in total. The maximum atomic E-state index is 13.4. The van der Waals surface area contributed by atoms with E-state index in [9.17, 15) is 4.79 Å². The summed E-state index contributed by atoms with van der Waals surface area (Å²) in [4.78, 5) is 31.4. The number of carbonyl (C=O) groups excluding carboxylic acids is 1. The first-order valence-electron chi connectivity index (χ1n) is 9.63. The van der Waals surface area contributed by atoms with Crippen molar-refractivity contribution in [3.05, 3.63) is 58.8 Å². The van der Waals surface area contributed by atoms with Crippen LogP contribution in [0.15, 0.2) is 36.7 Å². The van der Waals surface area contributed by atoms with Crippen LogP contribution < -0.4 is 5.06 Å². The zero-order chi connectivity index (χ0) is 21.3. The Labute approximate surface area is 179 Å². The van der Waals surface area contributed by atoms with E-state index >= 15 is 0 Å². The minimum Gasteiger partial charge on any atom is -0.334 e. The summed E-state index contributed by atoms with van der Waals surface area (Å²) in [7, 11) is 0. The number of hydrogen-bond donors (Lipinski definition) is 0. The molecule has 2 aromatic heterocycles. The topological polar surface area (TPSA) is 89.3 Å². The molecule has 10 heteroatoms. The van der Waals surface area contributed by atoms with Crippen molar-refractivity contribution in [2.45, 2.75) is 26.9 Å². The van der Waals surface area contributed by atoms with Gasteiger partial charge in [-0.3, -0.25) is 9.63 Å². The van der Waals surface area contributed by atoms with Gasteiger partial charge in [0.2, 0.25) is 0 Å². The Bertz CT molecular complexity index is 1040. The summed E-state index contributed by atoms with van der Waals surface area (Å²) >= 11 is 6.19. The SMILES string of the molecule is Cc1cc(N2CCN(C(=O)c3cc(Cl)ccc3-n3nccn3)C[C@@H](C)O2)nc(C)n1. The van der Waals surface area contributed by atoms with Gasteiger partial charge >= 0.3 is 0 Å². The molecule has 0 saturated carbocycles. The highest BCUT2D eigenvalue weighted by Gasteiger charge is 2.28. The van der Waals surface area contributed by atoms with E-state index in [1.165, 1.54) is 4.80 Å². The van der Waals surface area contributed by atoms with Gasteiger partial charge in [0, 0.05) is 29.9 Å². The molecule has 1 saturated heterocycles. The number of aryl methyl sites for hydroxylation is 2. The second kappa shape index (κ2) is 8.37. The molecule has 3 aromatic rings. The molecule has 156 valence electrons. The highest BCUT2D eigenvalue weighted by molar-refractivity contribution is 6.31. The fraction of sp³-hybridized carbons (Fsp3) is 0.350. The summed E-state index contributed by atoms with van der Waals surface area (Å²) in [5.74, 6) is 1.20. The van der Waals surface area contributed by atoms with E-state index in [4.69, 9.17) is 16.4 Å². The number of anilines is 1. The molecule has 4 rings (SSSR count). The monoisotopic (exact) mass is 427 g/mol. The number of hydrogen-bond acceptors (Lipinski definition) is 7. The number of halogens is 1. The molecule has 0 radical (unpaired) electrons. The normalized spacial score (nSPS) is 17.1. The third-order valence-electron chi connectivity index (χ3n) is 4.68. The fourth-order valence-electron chi connectivity index (χ4n) is 3.46. The van der Waals surface area contributed by atoms with Crippen LogP contribution in [0.1, 0.15) is 28.8 Å². The van der Waals surface area contributed by atoms with Crippen LogP contribution in [-0.4, -0.2) is 61.5 Å². The van der Waals surface area contributed by atoms with Crippen molar-refractivity contribution in [2.24, 2.45) is 0 Å².